The molecule has 0 unspecified atom stereocenters. The Kier molecular flexibility index (Phi) is 25.7. The second-order valence-corrected chi connectivity index (χ2v) is 5.32. The number of hydrogen-bond acceptors (Lipinski definition) is 2. The largest absolute Gasteiger partial charge is 0.400 e. The number of unbranched alkanes of at least 4 members (excludes halogenated alkanes) is 13. The molecule has 0 aliphatic carbocycles. The first-order valence-electron chi connectivity index (χ1n) is 8.47. The standard InChI is InChI=1S/C16H34O.CH4O/c1-2-3-4-5-6-7-8-9-10-11-12-13-14-15-16-17;1-2/h17H,2-16H2,1H3;2H,1H3. The fourth-order valence-electron chi connectivity index (χ4n) is 2.31. The highest BCUT2D eigenvalue weighted by molar-refractivity contribution is 4.48. The van der Waals surface area contributed by atoms with Crippen LogP contribution in [-0.4, -0.2) is 23.9 Å². The fraction of sp³-hybridized carbons (Fsp3) is 1.00. The molecule has 0 aromatic heterocycles. The second-order valence-electron chi connectivity index (χ2n) is 5.32. The van der Waals surface area contributed by atoms with Gasteiger partial charge >= 0.3 is 0 Å². The second kappa shape index (κ2) is 23.0. The highest BCUT2D eigenvalue weighted by Gasteiger charge is 1.93. The van der Waals surface area contributed by atoms with Gasteiger partial charge in [-0.1, -0.05) is 90.4 Å². The molecule has 0 saturated carbocycles. The van der Waals surface area contributed by atoms with E-state index in [0.29, 0.717) is 6.61 Å². The third-order valence-corrected chi connectivity index (χ3v) is 3.51. The van der Waals surface area contributed by atoms with Gasteiger partial charge in [-0.2, -0.15) is 0 Å². The van der Waals surface area contributed by atoms with E-state index in [1.54, 1.807) is 0 Å². The highest BCUT2D eigenvalue weighted by atomic mass is 16.3. The van der Waals surface area contributed by atoms with E-state index in [-0.39, 0.29) is 0 Å². The quantitative estimate of drug-likeness (QED) is 0.434. The summed E-state index contributed by atoms with van der Waals surface area (Å²) in [7, 11) is 1.00. The number of aliphatic hydroxyl groups excluding tert-OH is 2. The smallest absolute Gasteiger partial charge is 0.0431 e. The Morgan fingerprint density at radius 3 is 1.00 bits per heavy atom. The Balaban J connectivity index is 0. The first-order valence-corrected chi connectivity index (χ1v) is 8.47. The van der Waals surface area contributed by atoms with Gasteiger partial charge in [0.1, 0.15) is 0 Å². The Hall–Kier alpha value is -0.0800. The maximum Gasteiger partial charge on any atom is 0.0431 e. The molecule has 19 heavy (non-hydrogen) atoms. The predicted molar refractivity (Wildman–Crippen MR) is 85.5 cm³/mol. The molecule has 0 saturated heterocycles. The minimum atomic E-state index is 0.373. The molecule has 2 heteroatoms. The van der Waals surface area contributed by atoms with E-state index in [4.69, 9.17) is 10.2 Å². The molecule has 0 fully saturated rings. The van der Waals surface area contributed by atoms with Crippen LogP contribution in [-0.2, 0) is 0 Å². The number of rotatable bonds is 14. The van der Waals surface area contributed by atoms with Gasteiger partial charge in [0.15, 0.2) is 0 Å². The van der Waals surface area contributed by atoms with Crippen molar-refractivity contribution in [3.63, 3.8) is 0 Å². The molecule has 2 nitrogen and oxygen atoms in total. The molecule has 0 heterocycles. The van der Waals surface area contributed by atoms with E-state index in [2.05, 4.69) is 6.92 Å². The summed E-state index contributed by atoms with van der Waals surface area (Å²) < 4.78 is 0. The van der Waals surface area contributed by atoms with Crippen LogP contribution in [0.2, 0.25) is 0 Å². The van der Waals surface area contributed by atoms with Crippen molar-refractivity contribution in [1.29, 1.82) is 0 Å². The summed E-state index contributed by atoms with van der Waals surface area (Å²) in [5, 5.41) is 15.6. The average Bonchev–Trinajstić information content (AvgIpc) is 2.46. The Morgan fingerprint density at radius 1 is 0.474 bits per heavy atom. The van der Waals surface area contributed by atoms with Gasteiger partial charge in [0.2, 0.25) is 0 Å². The van der Waals surface area contributed by atoms with Crippen molar-refractivity contribution in [2.45, 2.75) is 96.8 Å². The van der Waals surface area contributed by atoms with E-state index in [1.807, 2.05) is 0 Å². The maximum absolute atomic E-state index is 8.64. The molecule has 2 N–H and O–H groups in total. The number of hydrogen-bond donors (Lipinski definition) is 2. The van der Waals surface area contributed by atoms with E-state index in [9.17, 15) is 0 Å². The summed E-state index contributed by atoms with van der Waals surface area (Å²) in [4.78, 5) is 0. The van der Waals surface area contributed by atoms with Gasteiger partial charge in [-0.3, -0.25) is 0 Å². The lowest BCUT2D eigenvalue weighted by molar-refractivity contribution is 0.282. The molecule has 0 radical (unpaired) electrons. The monoisotopic (exact) mass is 274 g/mol. The minimum Gasteiger partial charge on any atom is -0.400 e. The zero-order valence-electron chi connectivity index (χ0n) is 13.5. The normalized spacial score (nSPS) is 10.1. The lowest BCUT2D eigenvalue weighted by Gasteiger charge is -2.02. The van der Waals surface area contributed by atoms with Crippen LogP contribution in [0.5, 0.6) is 0 Å². The lowest BCUT2D eigenvalue weighted by Crippen LogP contribution is -1.84. The lowest BCUT2D eigenvalue weighted by atomic mass is 10.0. The first-order chi connectivity index (χ1) is 9.41. The molecule has 0 aliphatic rings. The van der Waals surface area contributed by atoms with Crippen molar-refractivity contribution < 1.29 is 10.2 Å². The van der Waals surface area contributed by atoms with Crippen LogP contribution in [0, 0.1) is 0 Å². The van der Waals surface area contributed by atoms with Crippen LogP contribution in [0.4, 0.5) is 0 Å². The van der Waals surface area contributed by atoms with Gasteiger partial charge in [-0.15, -0.1) is 0 Å². The summed E-state index contributed by atoms with van der Waals surface area (Å²) in [6, 6.07) is 0. The Bertz CT molecular complexity index is 112. The first kappa shape index (κ1) is 21.2. The maximum atomic E-state index is 8.64. The van der Waals surface area contributed by atoms with Gasteiger partial charge in [0.25, 0.3) is 0 Å². The summed E-state index contributed by atoms with van der Waals surface area (Å²) in [5.41, 5.74) is 0. The average molecular weight is 274 g/mol. The Labute approximate surface area is 121 Å². The van der Waals surface area contributed by atoms with Crippen LogP contribution >= 0.6 is 0 Å². The Morgan fingerprint density at radius 2 is 0.737 bits per heavy atom. The van der Waals surface area contributed by atoms with Crippen molar-refractivity contribution in [3.8, 4) is 0 Å². The van der Waals surface area contributed by atoms with Gasteiger partial charge in [0.05, 0.1) is 0 Å². The van der Waals surface area contributed by atoms with Gasteiger partial charge < -0.3 is 10.2 Å². The van der Waals surface area contributed by atoms with Crippen LogP contribution in [0.15, 0.2) is 0 Å². The molecule has 0 aromatic rings. The predicted octanol–water partition coefficient (Wildman–Crippen LogP) is 5.07. The summed E-state index contributed by atoms with van der Waals surface area (Å²) >= 11 is 0. The zero-order valence-corrected chi connectivity index (χ0v) is 13.5. The van der Waals surface area contributed by atoms with Crippen LogP contribution in [0.25, 0.3) is 0 Å². The van der Waals surface area contributed by atoms with Gasteiger partial charge in [0, 0.05) is 13.7 Å². The number of aliphatic hydroxyl groups is 2. The highest BCUT2D eigenvalue weighted by Crippen LogP contribution is 2.12. The van der Waals surface area contributed by atoms with Crippen molar-refractivity contribution in [2.75, 3.05) is 13.7 Å². The van der Waals surface area contributed by atoms with Crippen molar-refractivity contribution in [3.05, 3.63) is 0 Å². The molecule has 0 amide bonds. The van der Waals surface area contributed by atoms with Crippen LogP contribution in [0.3, 0.4) is 0 Å². The van der Waals surface area contributed by atoms with E-state index >= 15 is 0 Å². The van der Waals surface area contributed by atoms with E-state index in [0.717, 1.165) is 13.5 Å². The molecule has 0 atom stereocenters. The molecule has 118 valence electrons. The molecule has 0 bridgehead atoms. The molecule has 0 spiro atoms. The molecular formula is C17H38O2. The summed E-state index contributed by atoms with van der Waals surface area (Å²) in [6.07, 6.45) is 19.2. The topological polar surface area (TPSA) is 40.5 Å². The van der Waals surface area contributed by atoms with Crippen molar-refractivity contribution in [1.82, 2.24) is 0 Å². The van der Waals surface area contributed by atoms with Crippen molar-refractivity contribution in [2.24, 2.45) is 0 Å². The third-order valence-electron chi connectivity index (χ3n) is 3.51. The van der Waals surface area contributed by atoms with E-state index in [1.165, 1.54) is 83.5 Å². The van der Waals surface area contributed by atoms with Crippen molar-refractivity contribution >= 4 is 0 Å². The summed E-state index contributed by atoms with van der Waals surface area (Å²) in [6.45, 7) is 2.65. The SMILES string of the molecule is CCCCCCCCCCCCCCCCO.CO. The third kappa shape index (κ3) is 23.4. The zero-order chi connectivity index (χ0) is 14.6. The molecule has 0 aliphatic heterocycles. The van der Waals surface area contributed by atoms with Gasteiger partial charge in [-0.25, -0.2) is 0 Å². The minimum absolute atomic E-state index is 0.373. The van der Waals surface area contributed by atoms with E-state index < -0.39 is 0 Å². The molecule has 0 rings (SSSR count). The molecular weight excluding hydrogens is 236 g/mol. The van der Waals surface area contributed by atoms with Crippen LogP contribution < -0.4 is 0 Å². The summed E-state index contributed by atoms with van der Waals surface area (Å²) in [5.74, 6) is 0. The van der Waals surface area contributed by atoms with Crippen LogP contribution in [0.1, 0.15) is 96.8 Å². The molecule has 0 aromatic carbocycles. The van der Waals surface area contributed by atoms with Gasteiger partial charge in [-0.05, 0) is 6.42 Å². The fourth-order valence-corrected chi connectivity index (χ4v) is 2.31.